The molecule has 0 spiro atoms. The molecule has 27 heavy (non-hydrogen) atoms. The zero-order valence-corrected chi connectivity index (χ0v) is 14.5. The zero-order chi connectivity index (χ0) is 18.8. The maximum Gasteiger partial charge on any atom is 0.251 e. The van der Waals surface area contributed by atoms with Crippen LogP contribution in [0.15, 0.2) is 47.7 Å². The van der Waals surface area contributed by atoms with Crippen molar-refractivity contribution in [1.29, 1.82) is 0 Å². The van der Waals surface area contributed by atoms with Crippen molar-refractivity contribution >= 4 is 5.78 Å². The summed E-state index contributed by atoms with van der Waals surface area (Å²) >= 11 is 0. The van der Waals surface area contributed by atoms with Crippen LogP contribution in [0.2, 0.25) is 0 Å². The van der Waals surface area contributed by atoms with Crippen molar-refractivity contribution in [3.63, 3.8) is 0 Å². The van der Waals surface area contributed by atoms with E-state index in [1.165, 1.54) is 31.6 Å². The summed E-state index contributed by atoms with van der Waals surface area (Å²) in [7, 11) is 0. The first kappa shape index (κ1) is 16.9. The lowest BCUT2D eigenvalue weighted by molar-refractivity contribution is 0.100. The fourth-order valence-corrected chi connectivity index (χ4v) is 2.42. The second kappa shape index (κ2) is 6.99. The summed E-state index contributed by atoms with van der Waals surface area (Å²) in [6.07, 6.45) is 6.54. The molecule has 4 rings (SSSR count). The first-order valence-electron chi connectivity index (χ1n) is 8.45. The number of rotatable bonds is 6. The fraction of sp³-hybridized carbons (Fsp3) is 0.211. The Hall–Kier alpha value is -3.55. The third kappa shape index (κ3) is 4.17. The van der Waals surface area contributed by atoms with Crippen molar-refractivity contribution in [2.75, 3.05) is 0 Å². The van der Waals surface area contributed by atoms with Crippen molar-refractivity contribution in [1.82, 2.24) is 19.9 Å². The molecular formula is C19H16N4O4. The van der Waals surface area contributed by atoms with Gasteiger partial charge in [-0.3, -0.25) is 9.59 Å². The van der Waals surface area contributed by atoms with Gasteiger partial charge in [0.25, 0.3) is 5.56 Å². The van der Waals surface area contributed by atoms with E-state index in [-0.39, 0.29) is 23.3 Å². The minimum Gasteiger partial charge on any atom is -0.490 e. The monoisotopic (exact) mass is 364 g/mol. The van der Waals surface area contributed by atoms with Gasteiger partial charge in [0.1, 0.15) is 17.3 Å². The van der Waals surface area contributed by atoms with Crippen LogP contribution in [0.25, 0.3) is 11.4 Å². The van der Waals surface area contributed by atoms with E-state index in [1.54, 1.807) is 18.2 Å². The fourth-order valence-electron chi connectivity index (χ4n) is 2.42. The first-order chi connectivity index (χ1) is 13.1. The topological polar surface area (TPSA) is 107 Å². The summed E-state index contributed by atoms with van der Waals surface area (Å²) in [5, 5.41) is 0. The number of ether oxygens (including phenoxy) is 2. The predicted molar refractivity (Wildman–Crippen MR) is 96.1 cm³/mol. The van der Waals surface area contributed by atoms with Crippen LogP contribution in [-0.2, 0) is 0 Å². The molecule has 0 unspecified atom stereocenters. The first-order valence-corrected chi connectivity index (χ1v) is 8.45. The summed E-state index contributed by atoms with van der Waals surface area (Å²) in [5.41, 5.74) is 0.409. The number of aromatic nitrogens is 4. The Labute approximate surface area is 154 Å². The molecule has 1 N–H and O–H groups in total. The van der Waals surface area contributed by atoms with Gasteiger partial charge in [-0.15, -0.1) is 0 Å². The van der Waals surface area contributed by atoms with Crippen LogP contribution < -0.4 is 15.0 Å². The van der Waals surface area contributed by atoms with Crippen molar-refractivity contribution in [2.45, 2.75) is 25.9 Å². The molecule has 8 heteroatoms. The Morgan fingerprint density at radius 2 is 1.81 bits per heavy atom. The smallest absolute Gasteiger partial charge is 0.251 e. The largest absolute Gasteiger partial charge is 0.490 e. The third-order valence-corrected chi connectivity index (χ3v) is 3.83. The van der Waals surface area contributed by atoms with Crippen LogP contribution in [0, 0.1) is 0 Å². The van der Waals surface area contributed by atoms with Gasteiger partial charge in [0.05, 0.1) is 18.5 Å². The number of benzene rings is 1. The number of Topliss-reactive ketones (excluding diaryl/α,β-unsaturated/α-hetero) is 1. The Bertz CT molecular complexity index is 1040. The van der Waals surface area contributed by atoms with E-state index in [9.17, 15) is 9.59 Å². The minimum atomic E-state index is -0.246. The van der Waals surface area contributed by atoms with Crippen molar-refractivity contribution in [3.8, 4) is 28.6 Å². The van der Waals surface area contributed by atoms with Crippen LogP contribution >= 0.6 is 0 Å². The van der Waals surface area contributed by atoms with Gasteiger partial charge in [-0.25, -0.2) is 15.0 Å². The average molecular weight is 364 g/mol. The number of H-pyrrole nitrogens is 1. The average Bonchev–Trinajstić information content (AvgIpc) is 3.46. The number of hydrogen-bond acceptors (Lipinski definition) is 7. The minimum absolute atomic E-state index is 0.125. The molecule has 8 nitrogen and oxygen atoms in total. The SMILES string of the molecule is CC(=O)c1ncc(Oc2cc(OC3CC3)cc(-c3nccc(=O)[nH]3)c2)cn1. The van der Waals surface area contributed by atoms with E-state index < -0.39 is 0 Å². The molecule has 1 saturated carbocycles. The maximum absolute atomic E-state index is 11.6. The highest BCUT2D eigenvalue weighted by Crippen LogP contribution is 2.34. The number of aromatic amines is 1. The number of carbonyl (C=O) groups excluding carboxylic acids is 1. The lowest BCUT2D eigenvalue weighted by Gasteiger charge is -2.11. The van der Waals surface area contributed by atoms with Gasteiger partial charge in [-0.1, -0.05) is 0 Å². The van der Waals surface area contributed by atoms with Crippen LogP contribution in [0.1, 0.15) is 30.4 Å². The molecular weight excluding hydrogens is 348 g/mol. The van der Waals surface area contributed by atoms with E-state index >= 15 is 0 Å². The van der Waals surface area contributed by atoms with Gasteiger partial charge >= 0.3 is 0 Å². The Morgan fingerprint density at radius 3 is 2.48 bits per heavy atom. The lowest BCUT2D eigenvalue weighted by atomic mass is 10.2. The lowest BCUT2D eigenvalue weighted by Crippen LogP contribution is -2.06. The quantitative estimate of drug-likeness (QED) is 0.670. The summed E-state index contributed by atoms with van der Waals surface area (Å²) < 4.78 is 11.7. The normalized spacial score (nSPS) is 13.2. The molecule has 2 aromatic heterocycles. The van der Waals surface area contributed by atoms with E-state index in [1.807, 2.05) is 0 Å². The molecule has 0 atom stereocenters. The summed E-state index contributed by atoms with van der Waals surface area (Å²) in [4.78, 5) is 37.7. The number of hydrogen-bond donors (Lipinski definition) is 1. The molecule has 1 aliphatic carbocycles. The van der Waals surface area contributed by atoms with Gasteiger partial charge in [-0.2, -0.15) is 0 Å². The van der Waals surface area contributed by atoms with Crippen molar-refractivity contribution in [3.05, 3.63) is 59.0 Å². The summed E-state index contributed by atoms with van der Waals surface area (Å²) in [6, 6.07) is 6.64. The number of nitrogens with zero attached hydrogens (tertiary/aromatic N) is 3. The summed E-state index contributed by atoms with van der Waals surface area (Å²) in [6.45, 7) is 1.40. The highest BCUT2D eigenvalue weighted by atomic mass is 16.5. The van der Waals surface area contributed by atoms with Gasteiger partial charge < -0.3 is 14.5 Å². The van der Waals surface area contributed by atoms with E-state index in [0.717, 1.165) is 12.8 Å². The zero-order valence-electron chi connectivity index (χ0n) is 14.5. The van der Waals surface area contributed by atoms with Gasteiger partial charge in [0, 0.05) is 30.8 Å². The van der Waals surface area contributed by atoms with E-state index in [4.69, 9.17) is 9.47 Å². The van der Waals surface area contributed by atoms with Crippen LogP contribution in [0.4, 0.5) is 0 Å². The molecule has 136 valence electrons. The molecule has 2 heterocycles. The maximum atomic E-state index is 11.6. The molecule has 0 aliphatic heterocycles. The molecule has 0 bridgehead atoms. The summed E-state index contributed by atoms with van der Waals surface area (Å²) in [5.74, 6) is 1.80. The highest BCUT2D eigenvalue weighted by molar-refractivity contribution is 5.90. The van der Waals surface area contributed by atoms with Gasteiger partial charge in [0.15, 0.2) is 17.4 Å². The van der Waals surface area contributed by atoms with E-state index in [2.05, 4.69) is 19.9 Å². The highest BCUT2D eigenvalue weighted by Gasteiger charge is 2.24. The number of carbonyl (C=O) groups is 1. The standard InChI is InChI=1S/C19H16N4O4/c1-11(24)18-21-9-16(10-22-18)27-15-7-12(19-20-5-4-17(25)23-19)6-14(8-15)26-13-2-3-13/h4-10,13H,2-3H2,1H3,(H,20,23,25). The molecule has 0 saturated heterocycles. The second-order valence-corrected chi connectivity index (χ2v) is 6.19. The van der Waals surface area contributed by atoms with Crippen molar-refractivity contribution < 1.29 is 14.3 Å². The molecule has 0 radical (unpaired) electrons. The third-order valence-electron chi connectivity index (χ3n) is 3.83. The van der Waals surface area contributed by atoms with Crippen LogP contribution in [0.3, 0.4) is 0 Å². The van der Waals surface area contributed by atoms with Crippen LogP contribution in [-0.4, -0.2) is 31.8 Å². The Balaban J connectivity index is 1.67. The second-order valence-electron chi connectivity index (χ2n) is 6.19. The molecule has 3 aromatic rings. The number of nitrogens with one attached hydrogen (secondary N) is 1. The van der Waals surface area contributed by atoms with Gasteiger partial charge in [0.2, 0.25) is 0 Å². The van der Waals surface area contributed by atoms with Crippen molar-refractivity contribution in [2.24, 2.45) is 0 Å². The predicted octanol–water partition coefficient (Wildman–Crippen LogP) is 2.76. The Kier molecular flexibility index (Phi) is 4.37. The van der Waals surface area contributed by atoms with Crippen LogP contribution in [0.5, 0.6) is 17.2 Å². The van der Waals surface area contributed by atoms with Gasteiger partial charge in [-0.05, 0) is 25.0 Å². The van der Waals surface area contributed by atoms with E-state index in [0.29, 0.717) is 28.6 Å². The molecule has 1 aliphatic rings. The molecule has 1 fully saturated rings. The molecule has 1 aromatic carbocycles. The number of ketones is 1. The Morgan fingerprint density at radius 1 is 1.07 bits per heavy atom. The molecule has 0 amide bonds.